The van der Waals surface area contributed by atoms with Crippen LogP contribution in [0.1, 0.15) is 18.4 Å². The van der Waals surface area contributed by atoms with Crippen molar-refractivity contribution in [2.45, 2.75) is 23.8 Å². The molecule has 5 heterocycles. The number of sulfonamides is 1. The fraction of sp³-hybridized carbons (Fsp3) is 0.565. The molecule has 3 aromatic heterocycles. The summed E-state index contributed by atoms with van der Waals surface area (Å²) in [6.45, 7) is 4.38. The molecule has 0 aliphatic carbocycles. The SMILES string of the molecule is CN(C)CCOC(=O)N1CCN(c2cc(S(=O)(=O)NC3(C)COC3)cn3c(-c4nnc(C(F)F)s4)nc(Cl)c23)CC1. The summed E-state index contributed by atoms with van der Waals surface area (Å²) in [6.07, 6.45) is -1.92. The van der Waals surface area contributed by atoms with Crippen molar-refractivity contribution < 1.29 is 31.5 Å². The van der Waals surface area contributed by atoms with Crippen LogP contribution in [-0.2, 0) is 19.5 Å². The summed E-state index contributed by atoms with van der Waals surface area (Å²) in [7, 11) is -0.296. The van der Waals surface area contributed by atoms with Crippen LogP contribution in [0.2, 0.25) is 5.15 Å². The molecule has 0 bridgehead atoms. The molecular weight excluding hydrogens is 606 g/mol. The number of rotatable bonds is 9. The number of carbonyl (C=O) groups excluding carboxylic acids is 1. The number of anilines is 1. The van der Waals surface area contributed by atoms with Gasteiger partial charge in [0, 0.05) is 38.9 Å². The van der Waals surface area contributed by atoms with Crippen LogP contribution in [0.25, 0.3) is 16.3 Å². The van der Waals surface area contributed by atoms with E-state index >= 15 is 0 Å². The molecule has 0 unspecified atom stereocenters. The summed E-state index contributed by atoms with van der Waals surface area (Å²) in [5.41, 5.74) is 0.0494. The number of likely N-dealkylation sites (N-methyl/N-ethyl adjacent to an activating group) is 1. The lowest BCUT2D eigenvalue weighted by atomic mass is 10.0. The Hall–Kier alpha value is -2.70. The predicted molar refractivity (Wildman–Crippen MR) is 147 cm³/mol. The molecule has 0 atom stereocenters. The summed E-state index contributed by atoms with van der Waals surface area (Å²) in [4.78, 5) is 22.2. The molecule has 2 saturated heterocycles. The monoisotopic (exact) mass is 634 g/mol. The molecule has 0 saturated carbocycles. The van der Waals surface area contributed by atoms with E-state index in [1.807, 2.05) is 23.9 Å². The number of nitrogens with zero attached hydrogens (tertiary/aromatic N) is 7. The van der Waals surface area contributed by atoms with Gasteiger partial charge in [-0.2, -0.15) is 0 Å². The Bertz CT molecular complexity index is 1540. The molecule has 1 amide bonds. The second-order valence-electron chi connectivity index (χ2n) is 10.3. The van der Waals surface area contributed by atoms with Crippen molar-refractivity contribution in [1.29, 1.82) is 0 Å². The van der Waals surface area contributed by atoms with Gasteiger partial charge >= 0.3 is 6.09 Å². The van der Waals surface area contributed by atoms with E-state index in [-0.39, 0.29) is 40.7 Å². The Kier molecular flexibility index (Phi) is 8.37. The first-order valence-corrected chi connectivity index (χ1v) is 15.3. The average molecular weight is 635 g/mol. The van der Waals surface area contributed by atoms with Crippen LogP contribution >= 0.6 is 22.9 Å². The minimum atomic E-state index is -4.06. The van der Waals surface area contributed by atoms with E-state index in [0.29, 0.717) is 55.3 Å². The van der Waals surface area contributed by atoms with Crippen molar-refractivity contribution in [3.63, 3.8) is 0 Å². The molecule has 0 spiro atoms. The van der Waals surface area contributed by atoms with Gasteiger partial charge < -0.3 is 24.2 Å². The normalized spacial score (nSPS) is 17.5. The number of hydrogen-bond donors (Lipinski definition) is 1. The lowest BCUT2D eigenvalue weighted by Gasteiger charge is -2.38. The second-order valence-corrected chi connectivity index (χ2v) is 13.4. The number of hydrogen-bond acceptors (Lipinski definition) is 11. The van der Waals surface area contributed by atoms with Crippen molar-refractivity contribution in [1.82, 2.24) is 34.1 Å². The van der Waals surface area contributed by atoms with Gasteiger partial charge in [0.2, 0.25) is 10.0 Å². The zero-order chi connectivity index (χ0) is 29.5. The number of carbonyl (C=O) groups is 1. The number of amides is 1. The third kappa shape index (κ3) is 6.24. The maximum absolute atomic E-state index is 13.5. The van der Waals surface area contributed by atoms with Gasteiger partial charge in [0.15, 0.2) is 21.0 Å². The van der Waals surface area contributed by atoms with Gasteiger partial charge in [-0.05, 0) is 27.1 Å². The standard InChI is InChI=1S/C23H29ClF2N8O5S2/c1-23(12-38-13-23)30-41(36,37)14-10-15(32-4-6-33(7-5-32)22(35)39-9-8-31(2)3)16-17(24)27-19(34(16)11-14)21-29-28-20(40-21)18(25)26/h10-11,18,30H,4-9,12-13H2,1-3H3. The largest absolute Gasteiger partial charge is 0.448 e. The molecule has 5 rings (SSSR count). The number of pyridine rings is 1. The summed E-state index contributed by atoms with van der Waals surface area (Å²) >= 11 is 7.21. The van der Waals surface area contributed by atoms with Gasteiger partial charge in [0.05, 0.1) is 24.4 Å². The highest BCUT2D eigenvalue weighted by Gasteiger charge is 2.38. The minimum absolute atomic E-state index is 0.0329. The average Bonchev–Trinajstić information content (AvgIpc) is 3.52. The summed E-state index contributed by atoms with van der Waals surface area (Å²) in [5.74, 6) is 0.0778. The topological polar surface area (TPSA) is 134 Å². The Morgan fingerprint density at radius 2 is 1.98 bits per heavy atom. The number of alkyl halides is 2. The summed E-state index contributed by atoms with van der Waals surface area (Å²) < 4.78 is 68.2. The number of imidazole rings is 1. The van der Waals surface area contributed by atoms with Crippen LogP contribution < -0.4 is 9.62 Å². The number of piperazine rings is 1. The molecular formula is C23H29ClF2N8O5S2. The van der Waals surface area contributed by atoms with E-state index in [9.17, 15) is 22.0 Å². The highest BCUT2D eigenvalue weighted by Crippen LogP contribution is 2.37. The van der Waals surface area contributed by atoms with Crippen LogP contribution in [0.4, 0.5) is 19.3 Å². The van der Waals surface area contributed by atoms with Gasteiger partial charge in [-0.1, -0.05) is 22.9 Å². The zero-order valence-corrected chi connectivity index (χ0v) is 24.9. The summed E-state index contributed by atoms with van der Waals surface area (Å²) in [5, 5.41) is 6.96. The Labute approximate surface area is 244 Å². The molecule has 13 nitrogen and oxygen atoms in total. The molecule has 2 aliphatic rings. The Morgan fingerprint density at radius 3 is 2.56 bits per heavy atom. The molecule has 18 heteroatoms. The fourth-order valence-electron chi connectivity index (χ4n) is 4.47. The number of nitrogens with one attached hydrogen (secondary N) is 1. The van der Waals surface area contributed by atoms with Gasteiger partial charge in [-0.15, -0.1) is 10.2 Å². The molecule has 2 aliphatic heterocycles. The first-order valence-electron chi connectivity index (χ1n) is 12.6. The van der Waals surface area contributed by atoms with Gasteiger partial charge in [-0.3, -0.25) is 4.40 Å². The Morgan fingerprint density at radius 1 is 1.27 bits per heavy atom. The molecule has 1 N–H and O–H groups in total. The zero-order valence-electron chi connectivity index (χ0n) is 22.5. The molecule has 0 aromatic carbocycles. The van der Waals surface area contributed by atoms with Crippen LogP contribution in [0, 0.1) is 0 Å². The predicted octanol–water partition coefficient (Wildman–Crippen LogP) is 2.33. The second kappa shape index (κ2) is 11.5. The van der Waals surface area contributed by atoms with Crippen LogP contribution in [0.15, 0.2) is 17.2 Å². The lowest BCUT2D eigenvalue weighted by molar-refractivity contribution is -0.0523. The van der Waals surface area contributed by atoms with E-state index in [0.717, 1.165) is 0 Å². The van der Waals surface area contributed by atoms with Crippen molar-refractivity contribution in [2.24, 2.45) is 0 Å². The molecule has 2 fully saturated rings. The third-order valence-electron chi connectivity index (χ3n) is 6.64. The molecule has 41 heavy (non-hydrogen) atoms. The quantitative estimate of drug-likeness (QED) is 0.374. The van der Waals surface area contributed by atoms with Crippen molar-refractivity contribution in [3.05, 3.63) is 22.4 Å². The van der Waals surface area contributed by atoms with E-state index in [2.05, 4.69) is 19.9 Å². The number of aromatic nitrogens is 4. The van der Waals surface area contributed by atoms with Crippen LogP contribution in [-0.4, -0.2) is 116 Å². The highest BCUT2D eigenvalue weighted by molar-refractivity contribution is 7.89. The first-order chi connectivity index (χ1) is 19.4. The molecule has 3 aromatic rings. The van der Waals surface area contributed by atoms with E-state index in [1.54, 1.807) is 11.8 Å². The summed E-state index contributed by atoms with van der Waals surface area (Å²) in [6, 6.07) is 1.49. The van der Waals surface area contributed by atoms with Gasteiger partial charge in [0.25, 0.3) is 6.43 Å². The molecule has 0 radical (unpaired) electrons. The lowest BCUT2D eigenvalue weighted by Crippen LogP contribution is -2.59. The van der Waals surface area contributed by atoms with Gasteiger partial charge in [-0.25, -0.2) is 31.7 Å². The van der Waals surface area contributed by atoms with Crippen LogP contribution in [0.3, 0.4) is 0 Å². The number of ether oxygens (including phenoxy) is 2. The number of halogens is 3. The van der Waals surface area contributed by atoms with E-state index in [1.165, 1.54) is 16.7 Å². The maximum atomic E-state index is 13.5. The maximum Gasteiger partial charge on any atom is 0.409 e. The van der Waals surface area contributed by atoms with E-state index in [4.69, 9.17) is 21.1 Å². The first kappa shape index (κ1) is 29.8. The van der Waals surface area contributed by atoms with E-state index < -0.39 is 33.1 Å². The molecule has 224 valence electrons. The van der Waals surface area contributed by atoms with Crippen molar-refractivity contribution in [3.8, 4) is 10.8 Å². The minimum Gasteiger partial charge on any atom is -0.448 e. The van der Waals surface area contributed by atoms with Crippen LogP contribution in [0.5, 0.6) is 0 Å². The van der Waals surface area contributed by atoms with Crippen molar-refractivity contribution >= 4 is 50.3 Å². The fourth-order valence-corrected chi connectivity index (χ4v) is 6.82. The highest BCUT2D eigenvalue weighted by atomic mass is 35.5. The van der Waals surface area contributed by atoms with Crippen molar-refractivity contribution in [2.75, 3.05) is 71.5 Å². The third-order valence-corrected chi connectivity index (χ3v) is 9.44. The van der Waals surface area contributed by atoms with Gasteiger partial charge in [0.1, 0.15) is 17.0 Å². The smallest absolute Gasteiger partial charge is 0.409 e. The Balaban J connectivity index is 1.50. The number of fused-ring (bicyclic) bond motifs is 1.